The zero-order valence-corrected chi connectivity index (χ0v) is 9.22. The fraction of sp³-hybridized carbons (Fsp3) is 0.333. The third kappa shape index (κ3) is 1.78. The third-order valence-electron chi connectivity index (χ3n) is 2.05. The van der Waals surface area contributed by atoms with E-state index in [0.717, 1.165) is 5.69 Å². The number of hydrogen-bond acceptors (Lipinski definition) is 2. The second kappa shape index (κ2) is 3.88. The van der Waals surface area contributed by atoms with E-state index in [1.54, 1.807) is 16.4 Å². The van der Waals surface area contributed by atoms with Gasteiger partial charge in [0.2, 0.25) is 0 Å². The van der Waals surface area contributed by atoms with E-state index in [4.69, 9.17) is 15.8 Å². The molecule has 0 amide bonds. The maximum Gasteiger partial charge on any atom is 0.264 e. The Morgan fingerprint density at radius 2 is 2.14 bits per heavy atom. The predicted molar refractivity (Wildman–Crippen MR) is 57.5 cm³/mol. The van der Waals surface area contributed by atoms with Crippen molar-refractivity contribution < 1.29 is 8.39 Å². The van der Waals surface area contributed by atoms with Crippen molar-refractivity contribution in [3.8, 4) is 0 Å². The minimum Gasteiger partial charge on any atom is -0.272 e. The summed E-state index contributed by atoms with van der Waals surface area (Å²) in [4.78, 5) is 0. The van der Waals surface area contributed by atoms with Gasteiger partial charge in [-0.3, -0.25) is 8.49 Å². The summed E-state index contributed by atoms with van der Waals surface area (Å²) < 4.78 is 18.2. The summed E-state index contributed by atoms with van der Waals surface area (Å²) >= 11 is 4.41. The first kappa shape index (κ1) is 9.96. The molecular formula is C9H10ClNO2S. The summed E-state index contributed by atoms with van der Waals surface area (Å²) in [5, 5.41) is 0.673. The van der Waals surface area contributed by atoms with Crippen molar-refractivity contribution in [2.45, 2.75) is 13.0 Å². The molecule has 0 spiro atoms. The summed E-state index contributed by atoms with van der Waals surface area (Å²) in [5.41, 5.74) is 0.873. The molecule has 0 aromatic heterocycles. The molecule has 0 bridgehead atoms. The maximum atomic E-state index is 11.5. The van der Waals surface area contributed by atoms with Crippen LogP contribution < -0.4 is 4.31 Å². The molecule has 0 N–H and O–H groups in total. The highest BCUT2D eigenvalue weighted by atomic mass is 35.5. The van der Waals surface area contributed by atoms with Crippen molar-refractivity contribution in [2.75, 3.05) is 10.9 Å². The van der Waals surface area contributed by atoms with Crippen LogP contribution in [0.25, 0.3) is 0 Å². The molecule has 1 fully saturated rings. The number of hydrogen-bond donors (Lipinski definition) is 0. The van der Waals surface area contributed by atoms with E-state index in [2.05, 4.69) is 0 Å². The van der Waals surface area contributed by atoms with Crippen molar-refractivity contribution in [3.05, 3.63) is 29.3 Å². The zero-order valence-electron chi connectivity index (χ0n) is 7.64. The first-order valence-electron chi connectivity index (χ1n) is 4.28. The second-order valence-electron chi connectivity index (χ2n) is 3.15. The molecule has 1 heterocycles. The molecule has 1 aliphatic rings. The molecule has 14 heavy (non-hydrogen) atoms. The molecule has 0 radical (unpaired) electrons. The molecular weight excluding hydrogens is 222 g/mol. The van der Waals surface area contributed by atoms with Gasteiger partial charge >= 0.3 is 0 Å². The summed E-state index contributed by atoms with van der Waals surface area (Å²) in [6.45, 7) is 2.47. The van der Waals surface area contributed by atoms with Crippen LogP contribution in [0, 0.1) is 0 Å². The Labute approximate surface area is 90.4 Å². The average Bonchev–Trinajstić information content (AvgIpc) is 2.49. The molecule has 1 saturated heterocycles. The Balaban J connectivity index is 2.30. The normalized spacial score (nSPS) is 26.9. The molecule has 76 valence electrons. The molecule has 5 heteroatoms. The second-order valence-corrected chi connectivity index (χ2v) is 4.65. The lowest BCUT2D eigenvalue weighted by molar-refractivity contribution is 0.366. The molecule has 1 aromatic carbocycles. The lowest BCUT2D eigenvalue weighted by Gasteiger charge is -2.18. The van der Waals surface area contributed by atoms with Crippen LogP contribution >= 0.6 is 11.6 Å². The van der Waals surface area contributed by atoms with E-state index in [-0.39, 0.29) is 6.04 Å². The Kier molecular flexibility index (Phi) is 2.76. The molecule has 2 atom stereocenters. The van der Waals surface area contributed by atoms with Crippen molar-refractivity contribution >= 4 is 28.6 Å². The van der Waals surface area contributed by atoms with Gasteiger partial charge in [0.05, 0.1) is 18.3 Å². The van der Waals surface area contributed by atoms with Crippen molar-refractivity contribution in [1.82, 2.24) is 0 Å². The quantitative estimate of drug-likeness (QED) is 0.741. The molecule has 3 nitrogen and oxygen atoms in total. The Bertz CT molecular complexity index is 354. The summed E-state index contributed by atoms with van der Waals surface area (Å²) in [7, 11) is 0. The van der Waals surface area contributed by atoms with Gasteiger partial charge in [-0.25, -0.2) is 4.21 Å². The Hall–Kier alpha value is -0.580. The first-order chi connectivity index (χ1) is 6.68. The van der Waals surface area contributed by atoms with Crippen molar-refractivity contribution in [3.63, 3.8) is 0 Å². The predicted octanol–water partition coefficient (Wildman–Crippen LogP) is 2.14. The van der Waals surface area contributed by atoms with Gasteiger partial charge < -0.3 is 0 Å². The van der Waals surface area contributed by atoms with E-state index in [1.165, 1.54) is 0 Å². The highest BCUT2D eigenvalue weighted by Gasteiger charge is 2.29. The molecule has 1 aromatic rings. The highest BCUT2D eigenvalue weighted by molar-refractivity contribution is 7.82. The number of benzene rings is 1. The summed E-state index contributed by atoms with van der Waals surface area (Å²) in [6.07, 6.45) is 0. The molecule has 2 rings (SSSR count). The SMILES string of the molecule is C[C@H]1COS(=O)N1c1ccc(Cl)cc1. The van der Waals surface area contributed by atoms with Gasteiger partial charge in [0, 0.05) is 5.02 Å². The Morgan fingerprint density at radius 1 is 1.50 bits per heavy atom. The highest BCUT2D eigenvalue weighted by Crippen LogP contribution is 2.25. The lowest BCUT2D eigenvalue weighted by atomic mass is 10.3. The fourth-order valence-electron chi connectivity index (χ4n) is 1.36. The standard InChI is InChI=1S/C9H10ClNO2S/c1-7-6-13-14(12)11(7)9-4-2-8(10)3-5-9/h2-5,7H,6H2,1H3/t7-,14?/m0/s1. The van der Waals surface area contributed by atoms with Gasteiger partial charge in [-0.05, 0) is 31.2 Å². The average molecular weight is 232 g/mol. The van der Waals surface area contributed by atoms with Crippen molar-refractivity contribution in [2.24, 2.45) is 0 Å². The topological polar surface area (TPSA) is 29.5 Å². The number of rotatable bonds is 1. The van der Waals surface area contributed by atoms with Crippen LogP contribution in [0.3, 0.4) is 0 Å². The van der Waals surface area contributed by atoms with E-state index in [9.17, 15) is 4.21 Å². The third-order valence-corrected chi connectivity index (χ3v) is 3.53. The van der Waals surface area contributed by atoms with Crippen LogP contribution in [0.15, 0.2) is 24.3 Å². The number of halogens is 1. The van der Waals surface area contributed by atoms with Gasteiger partial charge in [0.15, 0.2) is 0 Å². The van der Waals surface area contributed by atoms with E-state index < -0.39 is 11.3 Å². The van der Waals surface area contributed by atoms with Crippen LogP contribution in [0.4, 0.5) is 5.69 Å². The van der Waals surface area contributed by atoms with Crippen LogP contribution in [0.1, 0.15) is 6.92 Å². The molecule has 1 aliphatic heterocycles. The zero-order chi connectivity index (χ0) is 10.1. The lowest BCUT2D eigenvalue weighted by Crippen LogP contribution is -2.28. The maximum absolute atomic E-state index is 11.5. The number of anilines is 1. The van der Waals surface area contributed by atoms with Crippen LogP contribution in [-0.2, 0) is 15.4 Å². The largest absolute Gasteiger partial charge is 0.272 e. The van der Waals surface area contributed by atoms with Crippen molar-refractivity contribution in [1.29, 1.82) is 0 Å². The van der Waals surface area contributed by atoms with Gasteiger partial charge in [-0.2, -0.15) is 0 Å². The molecule has 1 unspecified atom stereocenters. The molecule has 0 aliphatic carbocycles. The monoisotopic (exact) mass is 231 g/mol. The van der Waals surface area contributed by atoms with Gasteiger partial charge in [0.25, 0.3) is 11.3 Å². The fourth-order valence-corrected chi connectivity index (χ4v) is 2.56. The Morgan fingerprint density at radius 3 is 2.64 bits per heavy atom. The smallest absolute Gasteiger partial charge is 0.264 e. The van der Waals surface area contributed by atoms with Crippen LogP contribution in [0.5, 0.6) is 0 Å². The summed E-state index contributed by atoms with van der Waals surface area (Å²) in [6, 6.07) is 7.37. The van der Waals surface area contributed by atoms with E-state index in [0.29, 0.717) is 11.6 Å². The van der Waals surface area contributed by atoms with Crippen LogP contribution in [-0.4, -0.2) is 16.9 Å². The minimum atomic E-state index is -1.36. The van der Waals surface area contributed by atoms with E-state index in [1.807, 2.05) is 19.1 Å². The summed E-state index contributed by atoms with van der Waals surface area (Å²) in [5.74, 6) is 0. The van der Waals surface area contributed by atoms with Gasteiger partial charge in [-0.15, -0.1) is 0 Å². The van der Waals surface area contributed by atoms with Gasteiger partial charge in [0.1, 0.15) is 0 Å². The number of nitrogens with zero attached hydrogens (tertiary/aromatic N) is 1. The first-order valence-corrected chi connectivity index (χ1v) is 5.69. The van der Waals surface area contributed by atoms with Crippen LogP contribution in [0.2, 0.25) is 5.02 Å². The van der Waals surface area contributed by atoms with E-state index >= 15 is 0 Å². The van der Waals surface area contributed by atoms with Gasteiger partial charge in [-0.1, -0.05) is 11.6 Å². The molecule has 0 saturated carbocycles. The minimum absolute atomic E-state index is 0.136.